The highest BCUT2D eigenvalue weighted by atomic mass is 35.5. The predicted octanol–water partition coefficient (Wildman–Crippen LogP) is 1.09. The fourth-order valence-corrected chi connectivity index (χ4v) is 1.86. The van der Waals surface area contributed by atoms with E-state index in [9.17, 15) is 12.8 Å². The molecule has 0 radical (unpaired) electrons. The Bertz CT molecular complexity index is 539. The third-order valence-corrected chi connectivity index (χ3v) is 3.05. The summed E-state index contributed by atoms with van der Waals surface area (Å²) in [6.45, 7) is 0. The Balaban J connectivity index is 3.18. The summed E-state index contributed by atoms with van der Waals surface area (Å²) in [5.41, 5.74) is 5.11. The summed E-state index contributed by atoms with van der Waals surface area (Å²) in [5.74, 6) is -1.19. The molecule has 0 bridgehead atoms. The van der Waals surface area contributed by atoms with Gasteiger partial charge in [0.2, 0.25) is 0 Å². The maximum atomic E-state index is 12.6. The van der Waals surface area contributed by atoms with Crippen LogP contribution in [0.2, 0.25) is 0 Å². The second kappa shape index (κ2) is 4.58. The number of rotatable bonds is 3. The molecule has 0 aliphatic heterocycles. The first kappa shape index (κ1) is 12.6. The third-order valence-electron chi connectivity index (χ3n) is 1.55. The zero-order chi connectivity index (χ0) is 12.3. The number of amidine groups is 1. The molecule has 0 aliphatic carbocycles. The van der Waals surface area contributed by atoms with Crippen molar-refractivity contribution in [3.8, 4) is 0 Å². The molecule has 0 aliphatic rings. The molecule has 86 valence electrons. The van der Waals surface area contributed by atoms with Crippen LogP contribution in [0.25, 0.3) is 0 Å². The Kier molecular flexibility index (Phi) is 3.61. The van der Waals surface area contributed by atoms with Crippen molar-refractivity contribution in [1.29, 1.82) is 5.41 Å². The standard InChI is InChI=1S/C8H7ClFN3O2S/c9-7(11)8(12)13-16(14,15)6-3-1-5(10)2-4-6/h1-4,11H,(H2,12,13). The number of sulfonamides is 1. The average Bonchev–Trinajstić information content (AvgIpc) is 2.17. The molecular weight excluding hydrogens is 257 g/mol. The molecule has 0 saturated carbocycles. The highest BCUT2D eigenvalue weighted by Gasteiger charge is 2.14. The van der Waals surface area contributed by atoms with Crippen LogP contribution in [0, 0.1) is 11.2 Å². The van der Waals surface area contributed by atoms with Crippen molar-refractivity contribution >= 4 is 32.6 Å². The lowest BCUT2D eigenvalue weighted by Gasteiger charge is -1.99. The fourth-order valence-electron chi connectivity index (χ4n) is 0.829. The van der Waals surface area contributed by atoms with Crippen LogP contribution in [0.1, 0.15) is 0 Å². The van der Waals surface area contributed by atoms with Gasteiger partial charge < -0.3 is 5.73 Å². The highest BCUT2D eigenvalue weighted by Crippen LogP contribution is 2.12. The Morgan fingerprint density at radius 3 is 2.31 bits per heavy atom. The molecule has 8 heteroatoms. The molecule has 3 N–H and O–H groups in total. The minimum absolute atomic E-state index is 0.227. The predicted molar refractivity (Wildman–Crippen MR) is 58.8 cm³/mol. The number of nitrogens with zero attached hydrogens (tertiary/aromatic N) is 1. The van der Waals surface area contributed by atoms with Crippen LogP contribution >= 0.6 is 11.6 Å². The molecule has 0 unspecified atom stereocenters. The first-order valence-electron chi connectivity index (χ1n) is 3.93. The molecule has 0 amide bonds. The van der Waals surface area contributed by atoms with Gasteiger partial charge in [0.05, 0.1) is 4.90 Å². The lowest BCUT2D eigenvalue weighted by Crippen LogP contribution is -2.20. The minimum Gasteiger partial charge on any atom is -0.380 e. The Morgan fingerprint density at radius 1 is 1.38 bits per heavy atom. The van der Waals surface area contributed by atoms with E-state index in [1.54, 1.807) is 0 Å². The molecule has 5 nitrogen and oxygen atoms in total. The Labute approximate surface area is 96.3 Å². The quantitative estimate of drug-likeness (QED) is 0.631. The molecular formula is C8H7ClFN3O2S. The molecule has 1 aromatic rings. The summed E-state index contributed by atoms with van der Waals surface area (Å²) in [5, 5.41) is 6.19. The lowest BCUT2D eigenvalue weighted by atomic mass is 10.4. The van der Waals surface area contributed by atoms with E-state index in [0.717, 1.165) is 24.3 Å². The summed E-state index contributed by atoms with van der Waals surface area (Å²) in [6, 6.07) is 4.04. The molecule has 0 atom stereocenters. The van der Waals surface area contributed by atoms with E-state index in [2.05, 4.69) is 4.40 Å². The van der Waals surface area contributed by atoms with Crippen LogP contribution in [0.4, 0.5) is 4.39 Å². The van der Waals surface area contributed by atoms with Gasteiger partial charge in [-0.05, 0) is 24.3 Å². The largest absolute Gasteiger partial charge is 0.380 e. The zero-order valence-electron chi connectivity index (χ0n) is 7.81. The summed E-state index contributed by atoms with van der Waals surface area (Å²) >= 11 is 5.15. The average molecular weight is 264 g/mol. The number of halogens is 2. The molecule has 0 spiro atoms. The van der Waals surface area contributed by atoms with E-state index < -0.39 is 26.8 Å². The van der Waals surface area contributed by atoms with Crippen LogP contribution < -0.4 is 5.73 Å². The van der Waals surface area contributed by atoms with Crippen molar-refractivity contribution in [2.75, 3.05) is 0 Å². The number of nitrogens with two attached hydrogens (primary N) is 1. The van der Waals surface area contributed by atoms with Crippen molar-refractivity contribution in [3.63, 3.8) is 0 Å². The van der Waals surface area contributed by atoms with Crippen LogP contribution in [0.3, 0.4) is 0 Å². The first-order chi connectivity index (χ1) is 7.33. The van der Waals surface area contributed by atoms with Gasteiger partial charge in [0, 0.05) is 0 Å². The second-order valence-electron chi connectivity index (χ2n) is 2.72. The smallest absolute Gasteiger partial charge is 0.284 e. The van der Waals surface area contributed by atoms with E-state index in [1.807, 2.05) is 0 Å². The summed E-state index contributed by atoms with van der Waals surface area (Å²) in [6.07, 6.45) is 0. The van der Waals surface area contributed by atoms with E-state index in [4.69, 9.17) is 22.7 Å². The topological polar surface area (TPSA) is 96.4 Å². The van der Waals surface area contributed by atoms with Crippen molar-refractivity contribution in [1.82, 2.24) is 0 Å². The SMILES string of the molecule is N=C(Cl)C(N)=NS(=O)(=O)c1ccc(F)cc1. The molecule has 0 fully saturated rings. The van der Waals surface area contributed by atoms with Gasteiger partial charge in [-0.3, -0.25) is 5.41 Å². The second-order valence-corrected chi connectivity index (χ2v) is 4.70. The van der Waals surface area contributed by atoms with Gasteiger partial charge in [-0.15, -0.1) is 4.40 Å². The van der Waals surface area contributed by atoms with Gasteiger partial charge in [-0.25, -0.2) is 4.39 Å². The van der Waals surface area contributed by atoms with Crippen LogP contribution in [0.5, 0.6) is 0 Å². The summed E-state index contributed by atoms with van der Waals surface area (Å²) in [4.78, 5) is -0.227. The monoisotopic (exact) mass is 263 g/mol. The van der Waals surface area contributed by atoms with E-state index in [0.29, 0.717) is 0 Å². The highest BCUT2D eigenvalue weighted by molar-refractivity contribution is 7.90. The minimum atomic E-state index is -4.05. The van der Waals surface area contributed by atoms with E-state index >= 15 is 0 Å². The maximum absolute atomic E-state index is 12.6. The molecule has 16 heavy (non-hydrogen) atoms. The van der Waals surface area contributed by atoms with Gasteiger partial charge in [0.15, 0.2) is 11.0 Å². The number of benzene rings is 1. The summed E-state index contributed by atoms with van der Waals surface area (Å²) < 4.78 is 38.7. The summed E-state index contributed by atoms with van der Waals surface area (Å²) in [7, 11) is -4.05. The van der Waals surface area contributed by atoms with Gasteiger partial charge in [0.25, 0.3) is 10.0 Å². The zero-order valence-corrected chi connectivity index (χ0v) is 9.39. The van der Waals surface area contributed by atoms with Gasteiger partial charge in [-0.1, -0.05) is 11.6 Å². The van der Waals surface area contributed by atoms with E-state index in [-0.39, 0.29) is 4.90 Å². The molecule has 0 saturated heterocycles. The number of nitrogens with one attached hydrogen (secondary N) is 1. The Hall–Kier alpha value is -1.47. The van der Waals surface area contributed by atoms with Crippen LogP contribution in [0.15, 0.2) is 33.6 Å². The first-order valence-corrected chi connectivity index (χ1v) is 5.75. The fraction of sp³-hybridized carbons (Fsp3) is 0. The molecule has 1 aromatic carbocycles. The van der Waals surface area contributed by atoms with Crippen molar-refractivity contribution < 1.29 is 12.8 Å². The lowest BCUT2D eigenvalue weighted by molar-refractivity contribution is 0.596. The number of hydrogen-bond donors (Lipinski definition) is 2. The maximum Gasteiger partial charge on any atom is 0.284 e. The van der Waals surface area contributed by atoms with Crippen molar-refractivity contribution in [2.45, 2.75) is 4.90 Å². The van der Waals surface area contributed by atoms with Gasteiger partial charge >= 0.3 is 0 Å². The Morgan fingerprint density at radius 2 is 1.88 bits per heavy atom. The van der Waals surface area contributed by atoms with Crippen LogP contribution in [-0.4, -0.2) is 19.4 Å². The van der Waals surface area contributed by atoms with Crippen molar-refractivity contribution in [3.05, 3.63) is 30.1 Å². The molecule has 1 rings (SSSR count). The number of hydrogen-bond acceptors (Lipinski definition) is 3. The third kappa shape index (κ3) is 3.01. The normalized spacial score (nSPS) is 12.5. The van der Waals surface area contributed by atoms with Gasteiger partial charge in [0.1, 0.15) is 5.82 Å². The van der Waals surface area contributed by atoms with Gasteiger partial charge in [-0.2, -0.15) is 8.42 Å². The molecule has 0 heterocycles. The van der Waals surface area contributed by atoms with Crippen LogP contribution in [-0.2, 0) is 10.0 Å². The van der Waals surface area contributed by atoms with Crippen molar-refractivity contribution in [2.24, 2.45) is 10.1 Å². The van der Waals surface area contributed by atoms with E-state index in [1.165, 1.54) is 0 Å². The molecule has 0 aromatic heterocycles.